The first kappa shape index (κ1) is 12.3. The van der Waals surface area contributed by atoms with E-state index in [4.69, 9.17) is 15.5 Å². The van der Waals surface area contributed by atoms with E-state index in [-0.39, 0.29) is 0 Å². The van der Waals surface area contributed by atoms with Crippen molar-refractivity contribution in [1.82, 2.24) is 4.90 Å². The molecule has 4 nitrogen and oxygen atoms in total. The number of hydrogen-bond acceptors (Lipinski definition) is 4. The summed E-state index contributed by atoms with van der Waals surface area (Å²) in [7, 11) is 0. The van der Waals surface area contributed by atoms with Crippen molar-refractivity contribution in [2.24, 2.45) is 16.8 Å². The highest BCUT2D eigenvalue weighted by molar-refractivity contribution is 5.89. The van der Waals surface area contributed by atoms with Gasteiger partial charge in [-0.1, -0.05) is 13.8 Å². The average Bonchev–Trinajstić information content (AvgIpc) is 2.36. The molecule has 0 radical (unpaired) electrons. The molecule has 19 heavy (non-hydrogen) atoms. The van der Waals surface area contributed by atoms with Crippen molar-refractivity contribution in [3.05, 3.63) is 18.2 Å². The fourth-order valence-electron chi connectivity index (χ4n) is 3.09. The Morgan fingerprint density at radius 2 is 2.00 bits per heavy atom. The van der Waals surface area contributed by atoms with Gasteiger partial charge in [0, 0.05) is 18.8 Å². The second-order valence-corrected chi connectivity index (χ2v) is 5.89. The number of nitrogens with zero attached hydrogens (tertiary/aromatic N) is 2. The van der Waals surface area contributed by atoms with Crippen LogP contribution in [0.3, 0.4) is 0 Å². The molecule has 0 aromatic heterocycles. The van der Waals surface area contributed by atoms with Crippen LogP contribution in [0, 0.1) is 11.8 Å². The minimum Gasteiger partial charge on any atom is -0.483 e. The number of rotatable bonds is 0. The van der Waals surface area contributed by atoms with Crippen LogP contribution in [-0.2, 0) is 0 Å². The van der Waals surface area contributed by atoms with Gasteiger partial charge in [-0.3, -0.25) is 0 Å². The summed E-state index contributed by atoms with van der Waals surface area (Å²) >= 11 is 0. The van der Waals surface area contributed by atoms with Gasteiger partial charge >= 0.3 is 0 Å². The largest absolute Gasteiger partial charge is 0.483 e. The lowest BCUT2D eigenvalue weighted by Crippen LogP contribution is -2.45. The summed E-state index contributed by atoms with van der Waals surface area (Å²) in [5.74, 6) is 3.30. The quantitative estimate of drug-likeness (QED) is 0.729. The van der Waals surface area contributed by atoms with Gasteiger partial charge in [-0.25, -0.2) is 4.99 Å². The molecular weight excluding hydrogens is 238 g/mol. The summed E-state index contributed by atoms with van der Waals surface area (Å²) in [6.07, 6.45) is 1.30. The molecule has 3 rings (SSSR count). The van der Waals surface area contributed by atoms with Crippen LogP contribution in [0.15, 0.2) is 23.2 Å². The topological polar surface area (TPSA) is 50.8 Å². The molecule has 0 amide bonds. The van der Waals surface area contributed by atoms with E-state index < -0.39 is 0 Å². The Balaban J connectivity index is 1.86. The van der Waals surface area contributed by atoms with Gasteiger partial charge in [0.05, 0.1) is 0 Å². The molecule has 1 fully saturated rings. The second kappa shape index (κ2) is 4.76. The second-order valence-electron chi connectivity index (χ2n) is 5.89. The van der Waals surface area contributed by atoms with E-state index in [0.717, 1.165) is 36.0 Å². The fraction of sp³-hybridized carbons (Fsp3) is 0.533. The number of fused-ring (bicyclic) bond motifs is 1. The molecule has 0 spiro atoms. The molecule has 4 heteroatoms. The Hall–Kier alpha value is -1.71. The molecule has 1 saturated heterocycles. The molecular formula is C15H21N3O. The van der Waals surface area contributed by atoms with Gasteiger partial charge in [-0.05, 0) is 36.5 Å². The van der Waals surface area contributed by atoms with Gasteiger partial charge < -0.3 is 15.4 Å². The highest BCUT2D eigenvalue weighted by Gasteiger charge is 2.26. The summed E-state index contributed by atoms with van der Waals surface area (Å²) in [6.45, 7) is 7.32. The maximum Gasteiger partial charge on any atom is 0.146 e. The maximum atomic E-state index is 5.81. The van der Waals surface area contributed by atoms with Crippen molar-refractivity contribution in [2.45, 2.75) is 20.3 Å². The van der Waals surface area contributed by atoms with E-state index >= 15 is 0 Å². The third-order valence-electron chi connectivity index (χ3n) is 3.82. The molecule has 0 bridgehead atoms. The molecule has 2 aliphatic rings. The molecule has 1 aromatic carbocycles. The van der Waals surface area contributed by atoms with Gasteiger partial charge in [-0.15, -0.1) is 0 Å². The standard InChI is InChI=1S/C15H21N3O/c1-10-5-11(2)8-18(7-10)15-9-19-14-4-3-12(16)6-13(14)17-15/h3-4,6,10-11H,5,7-9,16H2,1-2H3. The van der Waals surface area contributed by atoms with Crippen molar-refractivity contribution >= 4 is 17.2 Å². The van der Waals surface area contributed by atoms with Gasteiger partial charge in [-0.2, -0.15) is 0 Å². The molecule has 2 heterocycles. The normalized spacial score (nSPS) is 26.4. The van der Waals surface area contributed by atoms with Gasteiger partial charge in [0.25, 0.3) is 0 Å². The fourth-order valence-corrected chi connectivity index (χ4v) is 3.09. The molecule has 102 valence electrons. The number of benzene rings is 1. The van der Waals surface area contributed by atoms with Crippen molar-refractivity contribution in [2.75, 3.05) is 25.4 Å². The van der Waals surface area contributed by atoms with Crippen LogP contribution >= 0.6 is 0 Å². The highest BCUT2D eigenvalue weighted by Crippen LogP contribution is 2.33. The first-order valence-corrected chi connectivity index (χ1v) is 6.96. The lowest BCUT2D eigenvalue weighted by molar-refractivity contribution is 0.202. The van der Waals surface area contributed by atoms with Gasteiger partial charge in [0.15, 0.2) is 0 Å². The summed E-state index contributed by atoms with van der Waals surface area (Å²) in [6, 6.07) is 5.63. The van der Waals surface area contributed by atoms with E-state index in [0.29, 0.717) is 18.4 Å². The summed E-state index contributed by atoms with van der Waals surface area (Å²) in [5.41, 5.74) is 7.39. The maximum absolute atomic E-state index is 5.81. The van der Waals surface area contributed by atoms with Crippen LogP contribution in [0.4, 0.5) is 11.4 Å². The Labute approximate surface area is 114 Å². The van der Waals surface area contributed by atoms with Crippen LogP contribution in [0.2, 0.25) is 0 Å². The Morgan fingerprint density at radius 1 is 1.26 bits per heavy atom. The Morgan fingerprint density at radius 3 is 2.74 bits per heavy atom. The summed E-state index contributed by atoms with van der Waals surface area (Å²) in [4.78, 5) is 7.10. The molecule has 1 aromatic rings. The van der Waals surface area contributed by atoms with E-state index in [1.807, 2.05) is 18.2 Å². The number of aliphatic imine (C=N–C) groups is 1. The smallest absolute Gasteiger partial charge is 0.146 e. The monoisotopic (exact) mass is 259 g/mol. The number of hydrogen-bond donors (Lipinski definition) is 1. The molecule has 2 unspecified atom stereocenters. The molecule has 0 aliphatic carbocycles. The van der Waals surface area contributed by atoms with Crippen molar-refractivity contribution < 1.29 is 4.74 Å². The third-order valence-corrected chi connectivity index (χ3v) is 3.82. The van der Waals surface area contributed by atoms with Crippen molar-refractivity contribution in [1.29, 1.82) is 0 Å². The summed E-state index contributed by atoms with van der Waals surface area (Å²) in [5, 5.41) is 0. The number of amidine groups is 1. The van der Waals surface area contributed by atoms with Crippen LogP contribution in [0.5, 0.6) is 5.75 Å². The molecule has 0 saturated carbocycles. The number of ether oxygens (including phenoxy) is 1. The lowest BCUT2D eigenvalue weighted by Gasteiger charge is -2.37. The number of piperidine rings is 1. The third kappa shape index (κ3) is 2.53. The Kier molecular flexibility index (Phi) is 3.09. The number of likely N-dealkylation sites (tertiary alicyclic amines) is 1. The number of nitrogen functional groups attached to an aromatic ring is 1. The minimum absolute atomic E-state index is 0.566. The van der Waals surface area contributed by atoms with Crippen molar-refractivity contribution in [3.8, 4) is 5.75 Å². The van der Waals surface area contributed by atoms with Gasteiger partial charge in [0.1, 0.15) is 23.9 Å². The van der Waals surface area contributed by atoms with Gasteiger partial charge in [0.2, 0.25) is 0 Å². The highest BCUT2D eigenvalue weighted by atomic mass is 16.5. The predicted octanol–water partition coefficient (Wildman–Crippen LogP) is 2.67. The first-order valence-electron chi connectivity index (χ1n) is 6.96. The van der Waals surface area contributed by atoms with Crippen LogP contribution < -0.4 is 10.5 Å². The lowest BCUT2D eigenvalue weighted by atomic mass is 9.92. The zero-order valence-electron chi connectivity index (χ0n) is 11.6. The van der Waals surface area contributed by atoms with E-state index in [1.165, 1.54) is 6.42 Å². The number of anilines is 1. The SMILES string of the molecule is CC1CC(C)CN(C2=Nc3cc(N)ccc3OC2)C1. The van der Waals surface area contributed by atoms with Crippen LogP contribution in [0.1, 0.15) is 20.3 Å². The van der Waals surface area contributed by atoms with E-state index in [9.17, 15) is 0 Å². The average molecular weight is 259 g/mol. The van der Waals surface area contributed by atoms with Crippen molar-refractivity contribution in [3.63, 3.8) is 0 Å². The molecule has 2 N–H and O–H groups in total. The van der Waals surface area contributed by atoms with Crippen LogP contribution in [0.25, 0.3) is 0 Å². The van der Waals surface area contributed by atoms with E-state index in [1.54, 1.807) is 0 Å². The zero-order valence-corrected chi connectivity index (χ0v) is 11.6. The minimum atomic E-state index is 0.566. The molecule has 2 atom stereocenters. The number of nitrogens with two attached hydrogens (primary N) is 1. The summed E-state index contributed by atoms with van der Waals surface area (Å²) < 4.78 is 5.79. The Bertz CT molecular complexity index is 502. The van der Waals surface area contributed by atoms with E-state index in [2.05, 4.69) is 18.7 Å². The van der Waals surface area contributed by atoms with Crippen LogP contribution in [-0.4, -0.2) is 30.4 Å². The molecule has 2 aliphatic heterocycles. The zero-order chi connectivity index (χ0) is 13.4. The predicted molar refractivity (Wildman–Crippen MR) is 78.0 cm³/mol. The first-order chi connectivity index (χ1) is 9.11.